The third-order valence-electron chi connectivity index (χ3n) is 4.52. The van der Waals surface area contributed by atoms with Gasteiger partial charge in [0.15, 0.2) is 0 Å². The second-order valence-electron chi connectivity index (χ2n) is 5.91. The summed E-state index contributed by atoms with van der Waals surface area (Å²) in [6.45, 7) is 4.79. The number of carbonyl (C=O) groups excluding carboxylic acids is 1. The number of nitrogens with zero attached hydrogens (tertiary/aromatic N) is 2. The van der Waals surface area contributed by atoms with E-state index in [1.807, 2.05) is 36.9 Å². The van der Waals surface area contributed by atoms with Crippen molar-refractivity contribution < 1.29 is 9.32 Å². The quantitative estimate of drug-likeness (QED) is 0.881. The number of aryl methyl sites for hydroxylation is 2. The molecule has 0 atom stereocenters. The van der Waals surface area contributed by atoms with Crippen LogP contribution in [0.25, 0.3) is 0 Å². The maximum Gasteiger partial charge on any atom is 0.231 e. The van der Waals surface area contributed by atoms with Crippen LogP contribution in [-0.4, -0.2) is 17.6 Å². The third-order valence-corrected chi connectivity index (χ3v) is 4.52. The normalized spacial score (nSPS) is 13.9. The summed E-state index contributed by atoms with van der Waals surface area (Å²) in [5.41, 5.74) is 10.7. The zero-order valence-corrected chi connectivity index (χ0v) is 13.8. The van der Waals surface area contributed by atoms with Crippen molar-refractivity contribution in [3.05, 3.63) is 40.8 Å². The molecule has 3 rings (SSSR count). The zero-order valence-electron chi connectivity index (χ0n) is 13.8. The summed E-state index contributed by atoms with van der Waals surface area (Å²) in [5.74, 6) is 0.907. The summed E-state index contributed by atoms with van der Waals surface area (Å²) < 4.78 is 5.37. The van der Waals surface area contributed by atoms with Crippen LogP contribution >= 0.6 is 0 Å². The van der Waals surface area contributed by atoms with Gasteiger partial charge >= 0.3 is 0 Å². The smallest absolute Gasteiger partial charge is 0.231 e. The van der Waals surface area contributed by atoms with Gasteiger partial charge in [-0.05, 0) is 37.0 Å². The van der Waals surface area contributed by atoms with Crippen LogP contribution in [0.1, 0.15) is 42.8 Å². The molecule has 2 N–H and O–H groups in total. The van der Waals surface area contributed by atoms with Crippen molar-refractivity contribution in [1.29, 1.82) is 0 Å². The second kappa shape index (κ2) is 6.44. The van der Waals surface area contributed by atoms with E-state index in [1.54, 1.807) is 0 Å². The standard InChI is InChI=1S/C18H23N3O2/c1-3-15-13(17(4-2)23-20-15)11-18(22)21-10-6-7-12-14(19)8-5-9-16(12)21/h5,8-9H,3-4,6-7,10-11,19H2,1-2H3. The largest absolute Gasteiger partial charge is 0.398 e. The molecule has 0 saturated heterocycles. The predicted molar refractivity (Wildman–Crippen MR) is 90.5 cm³/mol. The van der Waals surface area contributed by atoms with Crippen molar-refractivity contribution in [3.8, 4) is 0 Å². The van der Waals surface area contributed by atoms with Crippen LogP contribution < -0.4 is 10.6 Å². The monoisotopic (exact) mass is 313 g/mol. The number of fused-ring (bicyclic) bond motifs is 1. The average Bonchev–Trinajstić information content (AvgIpc) is 2.96. The van der Waals surface area contributed by atoms with E-state index in [4.69, 9.17) is 10.3 Å². The van der Waals surface area contributed by atoms with Gasteiger partial charge < -0.3 is 15.2 Å². The average molecular weight is 313 g/mol. The molecule has 23 heavy (non-hydrogen) atoms. The van der Waals surface area contributed by atoms with Gasteiger partial charge in [0, 0.05) is 29.9 Å². The third kappa shape index (κ3) is 2.83. The first-order chi connectivity index (χ1) is 11.2. The topological polar surface area (TPSA) is 72.4 Å². The molecule has 1 aliphatic rings. The van der Waals surface area contributed by atoms with Crippen LogP contribution in [0.15, 0.2) is 22.7 Å². The van der Waals surface area contributed by atoms with Crippen molar-refractivity contribution in [2.24, 2.45) is 0 Å². The molecule has 2 heterocycles. The lowest BCUT2D eigenvalue weighted by Gasteiger charge is -2.30. The molecule has 122 valence electrons. The minimum Gasteiger partial charge on any atom is -0.398 e. The number of rotatable bonds is 4. The second-order valence-corrected chi connectivity index (χ2v) is 5.91. The number of anilines is 2. The number of nitrogens with two attached hydrogens (primary N) is 1. The summed E-state index contributed by atoms with van der Waals surface area (Å²) in [4.78, 5) is 14.8. The molecule has 0 saturated carbocycles. The number of amides is 1. The highest BCUT2D eigenvalue weighted by molar-refractivity contribution is 5.96. The SMILES string of the molecule is CCc1noc(CC)c1CC(=O)N1CCCc2c(N)cccc21. The number of carbonyl (C=O) groups is 1. The van der Waals surface area contributed by atoms with Crippen LogP contribution in [0.2, 0.25) is 0 Å². The van der Waals surface area contributed by atoms with Crippen LogP contribution in [0.4, 0.5) is 11.4 Å². The van der Waals surface area contributed by atoms with Gasteiger partial charge in [-0.3, -0.25) is 4.79 Å². The van der Waals surface area contributed by atoms with E-state index in [1.165, 1.54) is 0 Å². The first-order valence-corrected chi connectivity index (χ1v) is 8.29. The summed E-state index contributed by atoms with van der Waals surface area (Å²) >= 11 is 0. The fraction of sp³-hybridized carbons (Fsp3) is 0.444. The number of benzene rings is 1. The Labute approximate surface area is 136 Å². The van der Waals surface area contributed by atoms with Gasteiger partial charge in [0.2, 0.25) is 5.91 Å². The van der Waals surface area contributed by atoms with E-state index in [0.29, 0.717) is 6.42 Å². The summed E-state index contributed by atoms with van der Waals surface area (Å²) in [6, 6.07) is 5.79. The number of nitrogen functional groups attached to an aromatic ring is 1. The van der Waals surface area contributed by atoms with Crippen LogP contribution in [0.5, 0.6) is 0 Å². The maximum absolute atomic E-state index is 12.9. The van der Waals surface area contributed by atoms with Gasteiger partial charge in [0.05, 0.1) is 12.1 Å². The van der Waals surface area contributed by atoms with E-state index < -0.39 is 0 Å². The minimum absolute atomic E-state index is 0.0872. The van der Waals surface area contributed by atoms with Crippen LogP contribution in [0, 0.1) is 0 Å². The Balaban J connectivity index is 1.89. The Morgan fingerprint density at radius 1 is 1.35 bits per heavy atom. The van der Waals surface area contributed by atoms with E-state index >= 15 is 0 Å². The summed E-state index contributed by atoms with van der Waals surface area (Å²) in [6.07, 6.45) is 3.73. The molecule has 0 bridgehead atoms. The number of aromatic nitrogens is 1. The van der Waals surface area contributed by atoms with Gasteiger partial charge in [-0.25, -0.2) is 0 Å². The predicted octanol–water partition coefficient (Wildman–Crippen LogP) is 2.90. The van der Waals surface area contributed by atoms with Gasteiger partial charge in [-0.2, -0.15) is 0 Å². The van der Waals surface area contributed by atoms with Gasteiger partial charge in [-0.1, -0.05) is 25.1 Å². The van der Waals surface area contributed by atoms with Crippen molar-refractivity contribution in [1.82, 2.24) is 5.16 Å². The molecule has 5 nitrogen and oxygen atoms in total. The lowest BCUT2D eigenvalue weighted by molar-refractivity contribution is -0.118. The highest BCUT2D eigenvalue weighted by atomic mass is 16.5. The Morgan fingerprint density at radius 3 is 2.91 bits per heavy atom. The van der Waals surface area contributed by atoms with E-state index in [-0.39, 0.29) is 5.91 Å². The van der Waals surface area contributed by atoms with Crippen molar-refractivity contribution in [2.45, 2.75) is 46.0 Å². The fourth-order valence-corrected chi connectivity index (χ4v) is 3.30. The fourth-order valence-electron chi connectivity index (χ4n) is 3.30. The van der Waals surface area contributed by atoms with Crippen molar-refractivity contribution >= 4 is 17.3 Å². The molecule has 1 aliphatic heterocycles. The molecular formula is C18H23N3O2. The molecule has 1 amide bonds. The molecule has 0 unspecified atom stereocenters. The molecule has 1 aromatic carbocycles. The number of hydrogen-bond acceptors (Lipinski definition) is 4. The summed E-state index contributed by atoms with van der Waals surface area (Å²) in [7, 11) is 0. The Bertz CT molecular complexity index is 700. The zero-order chi connectivity index (χ0) is 16.4. The van der Waals surface area contributed by atoms with Gasteiger partial charge in [0.25, 0.3) is 0 Å². The van der Waals surface area contributed by atoms with Crippen LogP contribution in [0.3, 0.4) is 0 Å². The summed E-state index contributed by atoms with van der Waals surface area (Å²) in [5, 5.41) is 4.10. The molecule has 1 aromatic heterocycles. The lowest BCUT2D eigenvalue weighted by atomic mass is 9.98. The van der Waals surface area contributed by atoms with E-state index in [0.717, 1.165) is 66.2 Å². The molecule has 5 heteroatoms. The maximum atomic E-state index is 12.9. The highest BCUT2D eigenvalue weighted by Gasteiger charge is 2.26. The first kappa shape index (κ1) is 15.6. The van der Waals surface area contributed by atoms with Crippen molar-refractivity contribution in [2.75, 3.05) is 17.2 Å². The van der Waals surface area contributed by atoms with E-state index in [9.17, 15) is 4.79 Å². The van der Waals surface area contributed by atoms with E-state index in [2.05, 4.69) is 5.16 Å². The minimum atomic E-state index is 0.0872. The van der Waals surface area contributed by atoms with Gasteiger partial charge in [0.1, 0.15) is 5.76 Å². The molecule has 0 fully saturated rings. The Kier molecular flexibility index (Phi) is 4.37. The number of hydrogen-bond donors (Lipinski definition) is 1. The molecule has 2 aromatic rings. The lowest BCUT2D eigenvalue weighted by Crippen LogP contribution is -2.37. The van der Waals surface area contributed by atoms with Crippen LogP contribution in [-0.2, 0) is 30.5 Å². The molecular weight excluding hydrogens is 290 g/mol. The molecule has 0 aliphatic carbocycles. The highest BCUT2D eigenvalue weighted by Crippen LogP contribution is 2.32. The Hall–Kier alpha value is -2.30. The van der Waals surface area contributed by atoms with Gasteiger partial charge in [-0.15, -0.1) is 0 Å². The molecule has 0 radical (unpaired) electrons. The van der Waals surface area contributed by atoms with Crippen molar-refractivity contribution in [3.63, 3.8) is 0 Å². The molecule has 0 spiro atoms. The first-order valence-electron chi connectivity index (χ1n) is 8.29. The Morgan fingerprint density at radius 2 is 2.17 bits per heavy atom.